The third-order valence-corrected chi connectivity index (χ3v) is 4.53. The molecule has 2 rings (SSSR count). The molecular weight excluding hydrogens is 336 g/mol. The van der Waals surface area contributed by atoms with Crippen LogP contribution >= 0.6 is 0 Å². The summed E-state index contributed by atoms with van der Waals surface area (Å²) in [5.74, 6) is 0.0487. The van der Waals surface area contributed by atoms with Crippen LogP contribution < -0.4 is 4.74 Å². The molecule has 134 valence electrons. The van der Waals surface area contributed by atoms with Gasteiger partial charge in [-0.15, -0.1) is 0 Å². The number of nitrogens with zero attached hydrogens (tertiary/aromatic N) is 2. The van der Waals surface area contributed by atoms with Gasteiger partial charge in [-0.1, -0.05) is 12.1 Å². The van der Waals surface area contributed by atoms with Crippen LogP contribution in [-0.4, -0.2) is 78.9 Å². The molecule has 24 heavy (non-hydrogen) atoms. The molecule has 8 nitrogen and oxygen atoms in total. The van der Waals surface area contributed by atoms with Crippen molar-refractivity contribution in [3.05, 3.63) is 24.3 Å². The first-order valence-electron chi connectivity index (χ1n) is 7.71. The van der Waals surface area contributed by atoms with Crippen LogP contribution in [0, 0.1) is 0 Å². The number of ether oxygens (including phenoxy) is 1. The van der Waals surface area contributed by atoms with E-state index in [1.165, 1.54) is 6.07 Å². The molecule has 1 heterocycles. The zero-order chi connectivity index (χ0) is 17.6. The molecule has 1 amide bonds. The van der Waals surface area contributed by atoms with Gasteiger partial charge in [0, 0.05) is 32.7 Å². The highest BCUT2D eigenvalue weighted by atomic mass is 32.2. The van der Waals surface area contributed by atoms with E-state index in [1.54, 1.807) is 23.1 Å². The maximum atomic E-state index is 12.1. The van der Waals surface area contributed by atoms with Gasteiger partial charge in [0.05, 0.1) is 18.8 Å². The summed E-state index contributed by atoms with van der Waals surface area (Å²) in [5, 5.41) is 9.57. The molecule has 1 saturated heterocycles. The fourth-order valence-corrected chi connectivity index (χ4v) is 2.94. The minimum atomic E-state index is -3.95. The van der Waals surface area contributed by atoms with Crippen molar-refractivity contribution < 1.29 is 27.6 Å². The molecule has 1 aliphatic rings. The van der Waals surface area contributed by atoms with Gasteiger partial charge in [-0.3, -0.25) is 14.2 Å². The van der Waals surface area contributed by atoms with E-state index in [4.69, 9.17) is 9.29 Å². The van der Waals surface area contributed by atoms with Crippen LogP contribution in [0.15, 0.2) is 24.3 Å². The second kappa shape index (κ2) is 8.32. The summed E-state index contributed by atoms with van der Waals surface area (Å²) < 4.78 is 35.6. The first-order valence-corrected chi connectivity index (χ1v) is 9.32. The van der Waals surface area contributed by atoms with Crippen molar-refractivity contribution >= 4 is 16.0 Å². The molecule has 9 heteroatoms. The number of aromatic hydroxyl groups is 1. The van der Waals surface area contributed by atoms with Gasteiger partial charge < -0.3 is 14.7 Å². The lowest BCUT2D eigenvalue weighted by atomic mass is 10.3. The van der Waals surface area contributed by atoms with Crippen molar-refractivity contribution in [2.45, 2.75) is 6.42 Å². The lowest BCUT2D eigenvalue weighted by Gasteiger charge is -2.34. The predicted octanol–water partition coefficient (Wildman–Crippen LogP) is 0.193. The Morgan fingerprint density at radius 1 is 1.17 bits per heavy atom. The standard InChI is InChI=1S/C15H22N2O6S/c18-13-3-1-2-4-14(13)23-11-5-15(19)17-8-6-16(7-9-17)10-12-24(20,21)22/h1-4,18H,5-12H2,(H,20,21,22). The predicted molar refractivity (Wildman–Crippen MR) is 87.7 cm³/mol. The number of para-hydroxylation sites is 2. The average molecular weight is 358 g/mol. The van der Waals surface area contributed by atoms with E-state index in [2.05, 4.69) is 0 Å². The molecule has 0 aliphatic carbocycles. The van der Waals surface area contributed by atoms with Gasteiger partial charge in [0.25, 0.3) is 10.1 Å². The highest BCUT2D eigenvalue weighted by Gasteiger charge is 2.21. The largest absolute Gasteiger partial charge is 0.504 e. The van der Waals surface area contributed by atoms with E-state index < -0.39 is 10.1 Å². The van der Waals surface area contributed by atoms with Gasteiger partial charge in [-0.2, -0.15) is 8.42 Å². The van der Waals surface area contributed by atoms with E-state index in [1.807, 2.05) is 4.90 Å². The zero-order valence-corrected chi connectivity index (χ0v) is 14.1. The molecule has 0 unspecified atom stereocenters. The van der Waals surface area contributed by atoms with E-state index in [-0.39, 0.29) is 37.0 Å². The number of rotatable bonds is 7. The first kappa shape index (κ1) is 18.5. The van der Waals surface area contributed by atoms with Crippen LogP contribution in [0.3, 0.4) is 0 Å². The van der Waals surface area contributed by atoms with Gasteiger partial charge in [-0.05, 0) is 12.1 Å². The van der Waals surface area contributed by atoms with Crippen molar-refractivity contribution in [2.24, 2.45) is 0 Å². The Bertz CT molecular complexity index is 656. The lowest BCUT2D eigenvalue weighted by molar-refractivity contribution is -0.133. The Morgan fingerprint density at radius 2 is 1.83 bits per heavy atom. The monoisotopic (exact) mass is 358 g/mol. The Labute approximate surface area is 141 Å². The summed E-state index contributed by atoms with van der Waals surface area (Å²) in [7, 11) is -3.95. The summed E-state index contributed by atoms with van der Waals surface area (Å²) in [6.45, 7) is 2.61. The number of phenolic OH excluding ortho intramolecular Hbond substituents is 1. The van der Waals surface area contributed by atoms with Crippen molar-refractivity contribution in [1.29, 1.82) is 0 Å². The van der Waals surface area contributed by atoms with Gasteiger partial charge >= 0.3 is 0 Å². The summed E-state index contributed by atoms with van der Waals surface area (Å²) >= 11 is 0. The molecular formula is C15H22N2O6S. The molecule has 0 atom stereocenters. The Morgan fingerprint density at radius 3 is 2.46 bits per heavy atom. The van der Waals surface area contributed by atoms with Crippen LogP contribution in [0.4, 0.5) is 0 Å². The number of benzene rings is 1. The number of amides is 1. The highest BCUT2D eigenvalue weighted by Crippen LogP contribution is 2.24. The number of hydrogen-bond acceptors (Lipinski definition) is 6. The van der Waals surface area contributed by atoms with Crippen molar-refractivity contribution in [3.8, 4) is 11.5 Å². The Hall–Kier alpha value is -1.84. The third-order valence-electron chi connectivity index (χ3n) is 3.83. The summed E-state index contributed by atoms with van der Waals surface area (Å²) in [6, 6.07) is 6.58. The number of hydrogen-bond donors (Lipinski definition) is 2. The normalized spacial score (nSPS) is 16.1. The highest BCUT2D eigenvalue weighted by molar-refractivity contribution is 7.85. The van der Waals surface area contributed by atoms with Crippen LogP contribution in [0.1, 0.15) is 6.42 Å². The van der Waals surface area contributed by atoms with Gasteiger partial charge in [-0.25, -0.2) is 0 Å². The molecule has 2 N–H and O–H groups in total. The summed E-state index contributed by atoms with van der Waals surface area (Å²) in [6.07, 6.45) is 0.208. The smallest absolute Gasteiger partial charge is 0.266 e. The third kappa shape index (κ3) is 5.99. The molecule has 1 aromatic carbocycles. The van der Waals surface area contributed by atoms with Crippen LogP contribution in [0.5, 0.6) is 11.5 Å². The summed E-state index contributed by atoms with van der Waals surface area (Å²) in [4.78, 5) is 15.7. The fourth-order valence-electron chi connectivity index (χ4n) is 2.45. The molecule has 0 radical (unpaired) electrons. The fraction of sp³-hybridized carbons (Fsp3) is 0.533. The molecule has 0 aromatic heterocycles. The number of phenols is 1. The zero-order valence-electron chi connectivity index (χ0n) is 13.3. The van der Waals surface area contributed by atoms with Crippen LogP contribution in [0.25, 0.3) is 0 Å². The van der Waals surface area contributed by atoms with Crippen molar-refractivity contribution in [1.82, 2.24) is 9.80 Å². The second-order valence-corrected chi connectivity index (χ2v) is 7.15. The van der Waals surface area contributed by atoms with Gasteiger partial charge in [0.15, 0.2) is 11.5 Å². The number of piperazine rings is 1. The van der Waals surface area contributed by atoms with Crippen LogP contribution in [-0.2, 0) is 14.9 Å². The van der Waals surface area contributed by atoms with E-state index in [0.717, 1.165) is 0 Å². The minimum absolute atomic E-state index is 0.0393. The molecule has 0 saturated carbocycles. The van der Waals surface area contributed by atoms with Gasteiger partial charge in [0.2, 0.25) is 5.91 Å². The number of carbonyl (C=O) groups is 1. The van der Waals surface area contributed by atoms with Crippen LogP contribution in [0.2, 0.25) is 0 Å². The maximum absolute atomic E-state index is 12.1. The van der Waals surface area contributed by atoms with E-state index >= 15 is 0 Å². The van der Waals surface area contributed by atoms with Crippen molar-refractivity contribution in [2.75, 3.05) is 45.1 Å². The Balaban J connectivity index is 1.68. The molecule has 1 fully saturated rings. The molecule has 0 spiro atoms. The molecule has 0 bridgehead atoms. The first-order chi connectivity index (χ1) is 11.3. The topological polar surface area (TPSA) is 107 Å². The van der Waals surface area contributed by atoms with E-state index in [9.17, 15) is 18.3 Å². The number of carbonyl (C=O) groups excluding carboxylic acids is 1. The Kier molecular flexibility index (Phi) is 6.41. The quantitative estimate of drug-likeness (QED) is 0.670. The van der Waals surface area contributed by atoms with Crippen molar-refractivity contribution in [3.63, 3.8) is 0 Å². The van der Waals surface area contributed by atoms with Gasteiger partial charge in [0.1, 0.15) is 0 Å². The SMILES string of the molecule is O=C(CCOc1ccccc1O)N1CCN(CCS(=O)(=O)O)CC1. The summed E-state index contributed by atoms with van der Waals surface area (Å²) in [5.41, 5.74) is 0. The second-order valence-electron chi connectivity index (χ2n) is 5.57. The average Bonchev–Trinajstić information content (AvgIpc) is 2.54. The minimum Gasteiger partial charge on any atom is -0.504 e. The lowest BCUT2D eigenvalue weighted by Crippen LogP contribution is -2.49. The molecule has 1 aliphatic heterocycles. The maximum Gasteiger partial charge on any atom is 0.266 e. The van der Waals surface area contributed by atoms with E-state index in [0.29, 0.717) is 31.9 Å². The molecule has 1 aromatic rings.